The Balaban J connectivity index is 1.68. The molecule has 0 unspecified atom stereocenters. The Morgan fingerprint density at radius 3 is 2.78 bits per heavy atom. The number of benzene rings is 2. The largest absolute Gasteiger partial charge is 0.457 e. The number of aromatic nitrogens is 1. The van der Waals surface area contributed by atoms with Crippen LogP contribution in [-0.4, -0.2) is 11.2 Å². The smallest absolute Gasteiger partial charge is 0.251 e. The van der Waals surface area contributed by atoms with Gasteiger partial charge >= 0.3 is 0 Å². The Kier molecular flexibility index (Phi) is 4.31. The molecular formula is C17H12N4O2. The zero-order valence-corrected chi connectivity index (χ0v) is 12.0. The third-order valence-electron chi connectivity index (χ3n) is 2.89. The SMILES string of the molecule is N#Cc1ncoc1NN=Cc1cccc(Oc2ccccc2)c1. The molecule has 0 saturated carbocycles. The maximum absolute atomic E-state index is 8.82. The van der Waals surface area contributed by atoms with Crippen molar-refractivity contribution in [2.75, 3.05) is 5.43 Å². The summed E-state index contributed by atoms with van der Waals surface area (Å²) < 4.78 is 10.8. The van der Waals surface area contributed by atoms with E-state index in [1.165, 1.54) is 6.39 Å². The van der Waals surface area contributed by atoms with Gasteiger partial charge in [0, 0.05) is 0 Å². The summed E-state index contributed by atoms with van der Waals surface area (Å²) in [7, 11) is 0. The van der Waals surface area contributed by atoms with Crippen LogP contribution < -0.4 is 10.2 Å². The van der Waals surface area contributed by atoms with Gasteiger partial charge < -0.3 is 9.15 Å². The monoisotopic (exact) mass is 304 g/mol. The van der Waals surface area contributed by atoms with Crippen LogP contribution in [0, 0.1) is 11.3 Å². The van der Waals surface area contributed by atoms with Gasteiger partial charge in [-0.25, -0.2) is 10.4 Å². The van der Waals surface area contributed by atoms with Crippen molar-refractivity contribution in [2.24, 2.45) is 5.10 Å². The van der Waals surface area contributed by atoms with Crippen LogP contribution in [0.3, 0.4) is 0 Å². The number of nitriles is 1. The average Bonchev–Trinajstić information content (AvgIpc) is 3.04. The molecule has 0 bridgehead atoms. The summed E-state index contributed by atoms with van der Waals surface area (Å²) in [6.45, 7) is 0. The molecule has 0 atom stereocenters. The quantitative estimate of drug-likeness (QED) is 0.573. The van der Waals surface area contributed by atoms with Gasteiger partial charge in [0.25, 0.3) is 5.88 Å². The van der Waals surface area contributed by atoms with Gasteiger partial charge in [-0.1, -0.05) is 30.3 Å². The molecule has 0 aliphatic rings. The fourth-order valence-corrected chi connectivity index (χ4v) is 1.85. The second-order valence-electron chi connectivity index (χ2n) is 4.50. The first kappa shape index (κ1) is 14.4. The molecule has 0 saturated heterocycles. The highest BCUT2D eigenvalue weighted by molar-refractivity contribution is 5.80. The lowest BCUT2D eigenvalue weighted by Gasteiger charge is -2.05. The number of nitrogens with one attached hydrogen (secondary N) is 1. The number of para-hydroxylation sites is 1. The minimum Gasteiger partial charge on any atom is -0.457 e. The van der Waals surface area contributed by atoms with Crippen molar-refractivity contribution >= 4 is 12.1 Å². The van der Waals surface area contributed by atoms with Gasteiger partial charge in [-0.05, 0) is 29.8 Å². The fourth-order valence-electron chi connectivity index (χ4n) is 1.85. The fraction of sp³-hybridized carbons (Fsp3) is 0. The first-order valence-electron chi connectivity index (χ1n) is 6.81. The lowest BCUT2D eigenvalue weighted by Crippen LogP contribution is -1.92. The van der Waals surface area contributed by atoms with E-state index in [9.17, 15) is 0 Å². The summed E-state index contributed by atoms with van der Waals surface area (Å²) in [6, 6.07) is 18.9. The number of hydrazone groups is 1. The Morgan fingerprint density at radius 1 is 1.13 bits per heavy atom. The van der Waals surface area contributed by atoms with Crippen LogP contribution in [0.2, 0.25) is 0 Å². The first-order chi connectivity index (χ1) is 11.3. The van der Waals surface area contributed by atoms with Crippen molar-refractivity contribution in [1.29, 1.82) is 5.26 Å². The summed E-state index contributed by atoms with van der Waals surface area (Å²) in [4.78, 5) is 3.74. The maximum atomic E-state index is 8.82. The molecule has 1 N–H and O–H groups in total. The van der Waals surface area contributed by atoms with Crippen molar-refractivity contribution in [1.82, 2.24) is 4.98 Å². The Labute approximate surface area is 132 Å². The number of hydrogen-bond donors (Lipinski definition) is 1. The van der Waals surface area contributed by atoms with Gasteiger partial charge in [0.1, 0.15) is 17.6 Å². The van der Waals surface area contributed by atoms with E-state index < -0.39 is 0 Å². The van der Waals surface area contributed by atoms with Crippen molar-refractivity contribution < 1.29 is 9.15 Å². The molecule has 3 rings (SSSR count). The van der Waals surface area contributed by atoms with Gasteiger partial charge in [0.15, 0.2) is 6.39 Å². The number of oxazole rings is 1. The number of rotatable bonds is 5. The van der Waals surface area contributed by atoms with Crippen LogP contribution >= 0.6 is 0 Å². The van der Waals surface area contributed by atoms with Gasteiger partial charge in [0.2, 0.25) is 5.69 Å². The zero-order chi connectivity index (χ0) is 15.9. The standard InChI is InChI=1S/C17H12N4O2/c18-10-16-17(22-12-19-16)21-20-11-13-5-4-8-15(9-13)23-14-6-2-1-3-7-14/h1-9,11-12,21H. The Hall–Kier alpha value is -3.59. The molecule has 3 aromatic rings. The van der Waals surface area contributed by atoms with E-state index in [2.05, 4.69) is 15.5 Å². The van der Waals surface area contributed by atoms with E-state index >= 15 is 0 Å². The van der Waals surface area contributed by atoms with Gasteiger partial charge in [0.05, 0.1) is 6.21 Å². The molecule has 2 aromatic carbocycles. The minimum absolute atomic E-state index is 0.156. The van der Waals surface area contributed by atoms with Gasteiger partial charge in [-0.15, -0.1) is 0 Å². The third-order valence-corrected chi connectivity index (χ3v) is 2.89. The summed E-state index contributed by atoms with van der Waals surface area (Å²) >= 11 is 0. The van der Waals surface area contributed by atoms with Crippen molar-refractivity contribution in [3.63, 3.8) is 0 Å². The Morgan fingerprint density at radius 2 is 1.96 bits per heavy atom. The van der Waals surface area contributed by atoms with Crippen LogP contribution in [0.1, 0.15) is 11.3 Å². The lowest BCUT2D eigenvalue weighted by molar-refractivity contribution is 0.482. The van der Waals surface area contributed by atoms with Crippen LogP contribution in [0.5, 0.6) is 11.5 Å². The molecular weight excluding hydrogens is 292 g/mol. The van der Waals surface area contributed by atoms with Gasteiger partial charge in [-0.3, -0.25) is 0 Å². The molecule has 112 valence electrons. The number of nitrogens with zero attached hydrogens (tertiary/aromatic N) is 3. The molecule has 0 radical (unpaired) electrons. The highest BCUT2D eigenvalue weighted by Gasteiger charge is 2.04. The molecule has 0 spiro atoms. The summed E-state index contributed by atoms with van der Waals surface area (Å²) in [6.07, 6.45) is 2.78. The predicted octanol–water partition coefficient (Wildman–Crippen LogP) is 3.78. The molecule has 23 heavy (non-hydrogen) atoms. The van der Waals surface area contributed by atoms with Crippen LogP contribution in [0.25, 0.3) is 0 Å². The van der Waals surface area contributed by atoms with E-state index in [4.69, 9.17) is 14.4 Å². The zero-order valence-electron chi connectivity index (χ0n) is 12.0. The number of ether oxygens (including phenoxy) is 1. The second-order valence-corrected chi connectivity index (χ2v) is 4.50. The first-order valence-corrected chi connectivity index (χ1v) is 6.81. The topological polar surface area (TPSA) is 83.4 Å². The van der Waals surface area contributed by atoms with E-state index in [-0.39, 0.29) is 11.6 Å². The normalized spacial score (nSPS) is 10.4. The predicted molar refractivity (Wildman–Crippen MR) is 85.4 cm³/mol. The molecule has 0 fully saturated rings. The molecule has 0 aliphatic carbocycles. The highest BCUT2D eigenvalue weighted by atomic mass is 16.5. The molecule has 6 heteroatoms. The van der Waals surface area contributed by atoms with Crippen molar-refractivity contribution in [3.8, 4) is 17.6 Å². The van der Waals surface area contributed by atoms with Gasteiger partial charge in [-0.2, -0.15) is 10.4 Å². The van der Waals surface area contributed by atoms with Crippen LogP contribution in [0.15, 0.2) is 70.5 Å². The minimum atomic E-state index is 0.156. The maximum Gasteiger partial charge on any atom is 0.251 e. The highest BCUT2D eigenvalue weighted by Crippen LogP contribution is 2.21. The summed E-state index contributed by atoms with van der Waals surface area (Å²) in [5.74, 6) is 1.68. The van der Waals surface area contributed by atoms with Crippen molar-refractivity contribution in [3.05, 3.63) is 72.2 Å². The number of hydrogen-bond acceptors (Lipinski definition) is 6. The molecule has 1 aromatic heterocycles. The van der Waals surface area contributed by atoms with E-state index in [0.29, 0.717) is 5.75 Å². The molecule has 1 heterocycles. The van der Waals surface area contributed by atoms with Crippen molar-refractivity contribution in [2.45, 2.75) is 0 Å². The van der Waals surface area contributed by atoms with E-state index in [0.717, 1.165) is 11.3 Å². The molecule has 0 amide bonds. The molecule has 0 aliphatic heterocycles. The second kappa shape index (κ2) is 6.91. The van der Waals surface area contributed by atoms with E-state index in [1.807, 2.05) is 60.7 Å². The number of anilines is 1. The van der Waals surface area contributed by atoms with Crippen LogP contribution in [-0.2, 0) is 0 Å². The van der Waals surface area contributed by atoms with E-state index in [1.54, 1.807) is 6.21 Å². The Bertz CT molecular complexity index is 850. The lowest BCUT2D eigenvalue weighted by atomic mass is 10.2. The summed E-state index contributed by atoms with van der Waals surface area (Å²) in [5.41, 5.74) is 3.63. The van der Waals surface area contributed by atoms with Crippen LogP contribution in [0.4, 0.5) is 5.88 Å². The summed E-state index contributed by atoms with van der Waals surface area (Å²) in [5, 5.41) is 12.8. The third kappa shape index (κ3) is 3.74. The molecule has 6 nitrogen and oxygen atoms in total. The average molecular weight is 304 g/mol.